The predicted octanol–water partition coefficient (Wildman–Crippen LogP) is 2.53. The minimum atomic E-state index is -0.484. The van der Waals surface area contributed by atoms with Crippen molar-refractivity contribution in [3.8, 4) is 22.8 Å². The molecule has 0 spiro atoms. The maximum atomic E-state index is 12.7. The van der Waals surface area contributed by atoms with Gasteiger partial charge in [-0.05, 0) is 12.1 Å². The van der Waals surface area contributed by atoms with E-state index in [1.165, 1.54) is 12.4 Å². The highest BCUT2D eigenvalue weighted by Gasteiger charge is 2.17. The van der Waals surface area contributed by atoms with Crippen molar-refractivity contribution in [3.63, 3.8) is 0 Å². The van der Waals surface area contributed by atoms with Crippen molar-refractivity contribution in [3.05, 3.63) is 54.6 Å². The van der Waals surface area contributed by atoms with Crippen LogP contribution in [-0.2, 0) is 0 Å². The lowest BCUT2D eigenvalue weighted by Crippen LogP contribution is -2.18. The molecular formula is C19H17N5O3. The van der Waals surface area contributed by atoms with Gasteiger partial charge in [0.15, 0.2) is 11.5 Å². The Morgan fingerprint density at radius 3 is 2.93 bits per heavy atom. The molecule has 4 bridgehead atoms. The first-order valence-electron chi connectivity index (χ1n) is 8.44. The second kappa shape index (κ2) is 7.28. The van der Waals surface area contributed by atoms with Crippen LogP contribution in [0.1, 0.15) is 16.9 Å². The fourth-order valence-corrected chi connectivity index (χ4v) is 2.66. The van der Waals surface area contributed by atoms with E-state index < -0.39 is 5.91 Å². The molecule has 0 saturated carbocycles. The van der Waals surface area contributed by atoms with E-state index in [9.17, 15) is 4.79 Å². The number of amides is 1. The van der Waals surface area contributed by atoms with Gasteiger partial charge in [-0.1, -0.05) is 12.1 Å². The third-order valence-electron chi connectivity index (χ3n) is 3.99. The van der Waals surface area contributed by atoms with Crippen molar-refractivity contribution in [2.24, 2.45) is 0 Å². The third-order valence-corrected chi connectivity index (χ3v) is 3.99. The number of hydrogen-bond acceptors (Lipinski definition) is 7. The van der Waals surface area contributed by atoms with Crippen molar-refractivity contribution in [2.75, 3.05) is 24.3 Å². The van der Waals surface area contributed by atoms with Crippen LogP contribution in [0.15, 0.2) is 48.9 Å². The second-order valence-corrected chi connectivity index (χ2v) is 5.89. The van der Waals surface area contributed by atoms with Gasteiger partial charge in [0.25, 0.3) is 5.91 Å². The summed E-state index contributed by atoms with van der Waals surface area (Å²) in [6.45, 7) is 0.928. The Morgan fingerprint density at radius 2 is 2.00 bits per heavy atom. The molecule has 8 heteroatoms. The van der Waals surface area contributed by atoms with Crippen LogP contribution in [0, 0.1) is 0 Å². The van der Waals surface area contributed by atoms with Crippen molar-refractivity contribution in [1.29, 1.82) is 0 Å². The number of carbonyl (C=O) groups excluding carboxylic acids is 1. The quantitative estimate of drug-likeness (QED) is 0.631. The number of fused-ring (bicyclic) bond motifs is 6. The summed E-state index contributed by atoms with van der Waals surface area (Å²) in [6, 6.07) is 9.12. The number of nitrogens with two attached hydrogens (primary N) is 1. The molecule has 8 nitrogen and oxygen atoms in total. The van der Waals surface area contributed by atoms with Gasteiger partial charge in [-0.3, -0.25) is 9.78 Å². The number of carbonyl (C=O) groups is 1. The Bertz CT molecular complexity index is 993. The minimum Gasteiger partial charge on any atom is -0.493 e. The monoisotopic (exact) mass is 363 g/mol. The summed E-state index contributed by atoms with van der Waals surface area (Å²) in [6.07, 6.45) is 5.32. The molecule has 0 unspecified atom stereocenters. The Hall–Kier alpha value is -3.68. The maximum absolute atomic E-state index is 12.7. The summed E-state index contributed by atoms with van der Waals surface area (Å²) < 4.78 is 11.5. The molecule has 3 N–H and O–H groups in total. The highest BCUT2D eigenvalue weighted by atomic mass is 16.5. The van der Waals surface area contributed by atoms with Crippen LogP contribution in [0.3, 0.4) is 0 Å². The number of pyridine rings is 1. The molecule has 0 aliphatic carbocycles. The lowest BCUT2D eigenvalue weighted by Gasteiger charge is -2.12. The van der Waals surface area contributed by atoms with E-state index >= 15 is 0 Å². The van der Waals surface area contributed by atoms with E-state index in [0.29, 0.717) is 42.5 Å². The molecule has 1 aliphatic heterocycles. The summed E-state index contributed by atoms with van der Waals surface area (Å²) in [5.41, 5.74) is 7.65. The normalized spacial score (nSPS) is 13.9. The molecule has 0 saturated heterocycles. The fourth-order valence-electron chi connectivity index (χ4n) is 2.66. The predicted molar refractivity (Wildman–Crippen MR) is 99.7 cm³/mol. The molecule has 27 heavy (non-hydrogen) atoms. The smallest absolute Gasteiger partial charge is 0.278 e. The molecule has 3 heterocycles. The molecule has 0 atom stereocenters. The topological polar surface area (TPSA) is 112 Å². The van der Waals surface area contributed by atoms with Gasteiger partial charge in [-0.15, -0.1) is 0 Å². The van der Waals surface area contributed by atoms with Gasteiger partial charge >= 0.3 is 0 Å². The number of benzene rings is 1. The first kappa shape index (κ1) is 16.8. The van der Waals surface area contributed by atoms with E-state index in [-0.39, 0.29) is 11.5 Å². The van der Waals surface area contributed by atoms with Gasteiger partial charge in [-0.25, -0.2) is 9.97 Å². The fraction of sp³-hybridized carbons (Fsp3) is 0.158. The van der Waals surface area contributed by atoms with Gasteiger partial charge in [0, 0.05) is 24.2 Å². The molecule has 3 aromatic rings. The Labute approximate surface area is 155 Å². The van der Waals surface area contributed by atoms with E-state index in [1.807, 2.05) is 24.3 Å². The van der Waals surface area contributed by atoms with E-state index in [0.717, 1.165) is 5.56 Å². The maximum Gasteiger partial charge on any atom is 0.278 e. The van der Waals surface area contributed by atoms with Gasteiger partial charge < -0.3 is 20.5 Å². The summed E-state index contributed by atoms with van der Waals surface area (Å²) in [7, 11) is 0. The van der Waals surface area contributed by atoms with Crippen LogP contribution >= 0.6 is 0 Å². The lowest BCUT2D eigenvalue weighted by atomic mass is 10.1. The van der Waals surface area contributed by atoms with Gasteiger partial charge in [-0.2, -0.15) is 0 Å². The number of ether oxygens (including phenoxy) is 2. The Balaban J connectivity index is 1.77. The zero-order valence-corrected chi connectivity index (χ0v) is 14.4. The molecule has 4 rings (SSSR count). The van der Waals surface area contributed by atoms with Crippen LogP contribution < -0.4 is 20.5 Å². The van der Waals surface area contributed by atoms with Crippen LogP contribution in [0.25, 0.3) is 11.3 Å². The molecule has 136 valence electrons. The van der Waals surface area contributed by atoms with Gasteiger partial charge in [0.05, 0.1) is 31.3 Å². The van der Waals surface area contributed by atoms with E-state index in [4.69, 9.17) is 15.2 Å². The van der Waals surface area contributed by atoms with E-state index in [1.54, 1.807) is 12.3 Å². The Kier molecular flexibility index (Phi) is 4.52. The highest BCUT2D eigenvalue weighted by Crippen LogP contribution is 2.26. The number of nitrogens with one attached hydrogen (secondary N) is 1. The third kappa shape index (κ3) is 3.64. The number of aromatic nitrogens is 3. The molecule has 2 aromatic heterocycles. The summed E-state index contributed by atoms with van der Waals surface area (Å²) in [4.78, 5) is 25.3. The van der Waals surface area contributed by atoms with Crippen LogP contribution in [-0.4, -0.2) is 34.1 Å². The molecule has 0 radical (unpaired) electrons. The lowest BCUT2D eigenvalue weighted by molar-refractivity contribution is 0.102. The molecule has 1 aliphatic rings. The largest absolute Gasteiger partial charge is 0.493 e. The summed E-state index contributed by atoms with van der Waals surface area (Å²) in [5, 5.41) is 2.75. The molecule has 1 amide bonds. The number of nitrogen functional groups attached to an aromatic ring is 1. The van der Waals surface area contributed by atoms with Crippen LogP contribution in [0.5, 0.6) is 11.5 Å². The summed E-state index contributed by atoms with van der Waals surface area (Å²) >= 11 is 0. The molecular weight excluding hydrogens is 346 g/mol. The Morgan fingerprint density at radius 1 is 1.11 bits per heavy atom. The summed E-state index contributed by atoms with van der Waals surface area (Å²) in [5.74, 6) is 0.773. The second-order valence-electron chi connectivity index (χ2n) is 5.89. The van der Waals surface area contributed by atoms with Crippen LogP contribution in [0.4, 0.5) is 11.5 Å². The standard InChI is InChI=1S/C19H17N5O3/c20-18-17-19(25)24-15-10-21-6-5-16(15)27-8-2-7-26-13-4-1-3-12(9-13)14(23-17)11-22-18/h1,3-6,9-11H,2,7-8H2,(H2,20,22)(H,24,25). The van der Waals surface area contributed by atoms with Gasteiger partial charge in [0.1, 0.15) is 17.2 Å². The zero-order chi connectivity index (χ0) is 18.6. The highest BCUT2D eigenvalue weighted by molar-refractivity contribution is 6.06. The number of rotatable bonds is 0. The molecule has 1 aromatic carbocycles. The van der Waals surface area contributed by atoms with Gasteiger partial charge in [0.2, 0.25) is 0 Å². The van der Waals surface area contributed by atoms with E-state index in [2.05, 4.69) is 20.3 Å². The number of hydrogen-bond donors (Lipinski definition) is 2. The van der Waals surface area contributed by atoms with Crippen molar-refractivity contribution in [1.82, 2.24) is 15.0 Å². The average molecular weight is 363 g/mol. The average Bonchev–Trinajstić information content (AvgIpc) is 2.69. The minimum absolute atomic E-state index is 0.0310. The molecule has 0 fully saturated rings. The SMILES string of the molecule is Nc1ncc2nc1C(=O)Nc1cnccc1OCCCOc1cccc-2c1. The van der Waals surface area contributed by atoms with Crippen molar-refractivity contribution in [2.45, 2.75) is 6.42 Å². The number of anilines is 2. The van der Waals surface area contributed by atoms with Crippen LogP contribution in [0.2, 0.25) is 0 Å². The first-order valence-corrected chi connectivity index (χ1v) is 8.44. The van der Waals surface area contributed by atoms with Crippen molar-refractivity contribution < 1.29 is 14.3 Å². The van der Waals surface area contributed by atoms with Crippen molar-refractivity contribution >= 4 is 17.4 Å². The number of nitrogens with zero attached hydrogens (tertiary/aromatic N) is 3. The first-order chi connectivity index (χ1) is 13.2. The zero-order valence-electron chi connectivity index (χ0n) is 14.4.